The van der Waals surface area contributed by atoms with Gasteiger partial charge < -0.3 is 15.7 Å². The topological polar surface area (TPSA) is 61.4 Å². The molecule has 1 heterocycles. The molecule has 2 aliphatic rings. The highest BCUT2D eigenvalue weighted by Gasteiger charge is 2.42. The Morgan fingerprint density at radius 3 is 2.60 bits per heavy atom. The van der Waals surface area contributed by atoms with Gasteiger partial charge in [-0.3, -0.25) is 4.79 Å². The zero-order valence-electron chi connectivity index (χ0n) is 9.09. The van der Waals surface area contributed by atoms with E-state index in [-0.39, 0.29) is 23.8 Å². The van der Waals surface area contributed by atoms with Crippen LogP contribution < -0.4 is 10.6 Å². The summed E-state index contributed by atoms with van der Waals surface area (Å²) in [6, 6.07) is 0. The fourth-order valence-electron chi connectivity index (χ4n) is 2.07. The molecule has 15 heavy (non-hydrogen) atoms. The summed E-state index contributed by atoms with van der Waals surface area (Å²) in [5.74, 6) is 0.358. The number of amides is 1. The lowest BCUT2D eigenvalue weighted by Crippen LogP contribution is -2.40. The number of carbonyl (C=O) groups excluding carboxylic acids is 1. The van der Waals surface area contributed by atoms with Gasteiger partial charge in [-0.05, 0) is 38.8 Å². The Labute approximate surface area is 90.4 Å². The van der Waals surface area contributed by atoms with E-state index in [0.717, 1.165) is 38.8 Å². The maximum Gasteiger partial charge on any atom is 0.223 e. The van der Waals surface area contributed by atoms with Crippen LogP contribution in [0.1, 0.15) is 25.7 Å². The predicted octanol–water partition coefficient (Wildman–Crippen LogP) is -0.125. The molecule has 2 rings (SSSR count). The van der Waals surface area contributed by atoms with Gasteiger partial charge in [0.15, 0.2) is 0 Å². The van der Waals surface area contributed by atoms with Gasteiger partial charge in [0.25, 0.3) is 0 Å². The Hall–Kier alpha value is -0.610. The quantitative estimate of drug-likeness (QED) is 0.608. The molecule has 0 unspecified atom stereocenters. The highest BCUT2D eigenvalue weighted by Crippen LogP contribution is 2.44. The first kappa shape index (κ1) is 10.9. The van der Waals surface area contributed by atoms with Crippen LogP contribution >= 0.6 is 0 Å². The van der Waals surface area contributed by atoms with Gasteiger partial charge in [0.05, 0.1) is 6.61 Å². The molecule has 0 bridgehead atoms. The molecule has 1 aliphatic heterocycles. The number of rotatable bonds is 4. The number of aliphatic hydroxyl groups is 1. The third kappa shape index (κ3) is 2.69. The molecule has 0 aromatic carbocycles. The van der Waals surface area contributed by atoms with Gasteiger partial charge in [0.2, 0.25) is 5.91 Å². The molecule has 2 fully saturated rings. The lowest BCUT2D eigenvalue weighted by Gasteiger charge is -2.23. The summed E-state index contributed by atoms with van der Waals surface area (Å²) in [5.41, 5.74) is 0.0303. The average molecular weight is 212 g/mol. The smallest absolute Gasteiger partial charge is 0.223 e. The van der Waals surface area contributed by atoms with Crippen LogP contribution in [0.3, 0.4) is 0 Å². The molecule has 4 nitrogen and oxygen atoms in total. The summed E-state index contributed by atoms with van der Waals surface area (Å²) in [7, 11) is 0. The third-order valence-corrected chi connectivity index (χ3v) is 3.64. The second kappa shape index (κ2) is 4.49. The Morgan fingerprint density at radius 2 is 2.07 bits per heavy atom. The predicted molar refractivity (Wildman–Crippen MR) is 57.4 cm³/mol. The standard InChI is InChI=1S/C11H20N2O2/c14-8-11(3-4-11)7-13-10(15)9-1-5-12-6-2-9/h9,12,14H,1-8H2,(H,13,15). The van der Waals surface area contributed by atoms with E-state index < -0.39 is 0 Å². The average Bonchev–Trinajstić information content (AvgIpc) is 3.08. The van der Waals surface area contributed by atoms with Gasteiger partial charge >= 0.3 is 0 Å². The summed E-state index contributed by atoms with van der Waals surface area (Å²) in [6.07, 6.45) is 3.99. The van der Waals surface area contributed by atoms with E-state index in [9.17, 15) is 4.79 Å². The normalized spacial score (nSPS) is 24.9. The van der Waals surface area contributed by atoms with Crippen molar-refractivity contribution in [3.63, 3.8) is 0 Å². The SMILES string of the molecule is O=C(NCC1(CO)CC1)C1CCNCC1. The first-order valence-corrected chi connectivity index (χ1v) is 5.85. The third-order valence-electron chi connectivity index (χ3n) is 3.64. The molecule has 0 aromatic heterocycles. The van der Waals surface area contributed by atoms with Gasteiger partial charge in [0.1, 0.15) is 0 Å². The van der Waals surface area contributed by atoms with E-state index in [0.29, 0.717) is 6.54 Å². The molecule has 0 aromatic rings. The van der Waals surface area contributed by atoms with E-state index in [4.69, 9.17) is 5.11 Å². The molecule has 1 saturated carbocycles. The summed E-state index contributed by atoms with van der Waals surface area (Å²) in [5, 5.41) is 15.3. The molecule has 1 saturated heterocycles. The van der Waals surface area contributed by atoms with Crippen molar-refractivity contribution >= 4 is 5.91 Å². The Kier molecular flexibility index (Phi) is 3.26. The second-order valence-electron chi connectivity index (χ2n) is 4.90. The highest BCUT2D eigenvalue weighted by atomic mass is 16.3. The fraction of sp³-hybridized carbons (Fsp3) is 0.909. The minimum absolute atomic E-state index is 0.0303. The van der Waals surface area contributed by atoms with Gasteiger partial charge in [-0.2, -0.15) is 0 Å². The van der Waals surface area contributed by atoms with E-state index >= 15 is 0 Å². The molecule has 0 radical (unpaired) electrons. The van der Waals surface area contributed by atoms with E-state index in [1.165, 1.54) is 0 Å². The lowest BCUT2D eigenvalue weighted by atomic mass is 9.97. The molecular formula is C11H20N2O2. The summed E-state index contributed by atoms with van der Waals surface area (Å²) >= 11 is 0. The summed E-state index contributed by atoms with van der Waals surface area (Å²) < 4.78 is 0. The minimum atomic E-state index is 0.0303. The first-order chi connectivity index (χ1) is 7.26. The van der Waals surface area contributed by atoms with Crippen molar-refractivity contribution in [3.8, 4) is 0 Å². The lowest BCUT2D eigenvalue weighted by molar-refractivity contribution is -0.126. The Bertz CT molecular complexity index is 233. The van der Waals surface area contributed by atoms with Crippen molar-refractivity contribution in [2.75, 3.05) is 26.2 Å². The summed E-state index contributed by atoms with van der Waals surface area (Å²) in [6.45, 7) is 2.76. The van der Waals surface area contributed by atoms with Crippen LogP contribution in [0.25, 0.3) is 0 Å². The molecule has 3 N–H and O–H groups in total. The van der Waals surface area contributed by atoms with Crippen LogP contribution in [-0.2, 0) is 4.79 Å². The van der Waals surface area contributed by atoms with Gasteiger partial charge in [-0.15, -0.1) is 0 Å². The van der Waals surface area contributed by atoms with Crippen LogP contribution in [-0.4, -0.2) is 37.3 Å². The number of aliphatic hydroxyl groups excluding tert-OH is 1. The molecule has 1 amide bonds. The minimum Gasteiger partial charge on any atom is -0.396 e. The van der Waals surface area contributed by atoms with Crippen LogP contribution in [0.2, 0.25) is 0 Å². The zero-order chi connectivity index (χ0) is 10.7. The van der Waals surface area contributed by atoms with Crippen LogP contribution in [0.4, 0.5) is 0 Å². The molecule has 0 atom stereocenters. The van der Waals surface area contributed by atoms with E-state index in [1.54, 1.807) is 0 Å². The van der Waals surface area contributed by atoms with Crippen LogP contribution in [0.5, 0.6) is 0 Å². The molecule has 0 spiro atoms. The molecule has 1 aliphatic carbocycles. The van der Waals surface area contributed by atoms with Crippen molar-refractivity contribution in [2.24, 2.45) is 11.3 Å². The maximum atomic E-state index is 11.8. The molecular weight excluding hydrogens is 192 g/mol. The Balaban J connectivity index is 1.72. The zero-order valence-corrected chi connectivity index (χ0v) is 9.09. The highest BCUT2D eigenvalue weighted by molar-refractivity contribution is 5.78. The van der Waals surface area contributed by atoms with Crippen molar-refractivity contribution in [1.82, 2.24) is 10.6 Å². The van der Waals surface area contributed by atoms with E-state index in [1.807, 2.05) is 0 Å². The van der Waals surface area contributed by atoms with Gasteiger partial charge in [-0.1, -0.05) is 0 Å². The second-order valence-corrected chi connectivity index (χ2v) is 4.90. The van der Waals surface area contributed by atoms with Gasteiger partial charge in [-0.25, -0.2) is 0 Å². The van der Waals surface area contributed by atoms with Crippen molar-refractivity contribution in [1.29, 1.82) is 0 Å². The van der Waals surface area contributed by atoms with E-state index in [2.05, 4.69) is 10.6 Å². The van der Waals surface area contributed by atoms with Crippen LogP contribution in [0.15, 0.2) is 0 Å². The Morgan fingerprint density at radius 1 is 1.40 bits per heavy atom. The number of nitrogens with one attached hydrogen (secondary N) is 2. The fourth-order valence-corrected chi connectivity index (χ4v) is 2.07. The number of hydrogen-bond acceptors (Lipinski definition) is 3. The summed E-state index contributed by atoms with van der Waals surface area (Å²) in [4.78, 5) is 11.8. The maximum absolute atomic E-state index is 11.8. The number of piperidine rings is 1. The largest absolute Gasteiger partial charge is 0.396 e. The monoisotopic (exact) mass is 212 g/mol. The number of carbonyl (C=O) groups is 1. The molecule has 4 heteroatoms. The van der Waals surface area contributed by atoms with Crippen LogP contribution in [0, 0.1) is 11.3 Å². The van der Waals surface area contributed by atoms with Gasteiger partial charge in [0, 0.05) is 17.9 Å². The molecule has 86 valence electrons. The number of hydrogen-bond donors (Lipinski definition) is 3. The van der Waals surface area contributed by atoms with Crippen molar-refractivity contribution in [2.45, 2.75) is 25.7 Å². The first-order valence-electron chi connectivity index (χ1n) is 5.85. The van der Waals surface area contributed by atoms with Crippen molar-refractivity contribution in [3.05, 3.63) is 0 Å². The van der Waals surface area contributed by atoms with Crippen molar-refractivity contribution < 1.29 is 9.90 Å².